The van der Waals surface area contributed by atoms with E-state index in [1.807, 2.05) is 12.1 Å². The number of benzene rings is 1. The number of aromatic nitrogens is 2. The molecule has 0 saturated carbocycles. The van der Waals surface area contributed by atoms with E-state index in [1.54, 1.807) is 0 Å². The van der Waals surface area contributed by atoms with E-state index in [0.29, 0.717) is 13.2 Å². The Morgan fingerprint density at radius 1 is 1.14 bits per heavy atom. The van der Waals surface area contributed by atoms with E-state index in [1.165, 1.54) is 6.42 Å². The molecular weight excluding hydrogens is 278 g/mol. The molecule has 1 N–H and O–H groups in total. The lowest BCUT2D eigenvalue weighted by Crippen LogP contribution is -2.38. The molecule has 2 aliphatic rings. The number of nitrogens with one attached hydrogen (secondary N) is 1. The van der Waals surface area contributed by atoms with Gasteiger partial charge in [-0.2, -0.15) is 0 Å². The summed E-state index contributed by atoms with van der Waals surface area (Å²) in [5.41, 5.74) is 1.98. The highest BCUT2D eigenvalue weighted by Crippen LogP contribution is 2.33. The Morgan fingerprint density at radius 2 is 1.82 bits per heavy atom. The van der Waals surface area contributed by atoms with Crippen LogP contribution in [0.1, 0.15) is 26.1 Å². The first-order chi connectivity index (χ1) is 10.7. The van der Waals surface area contributed by atoms with Gasteiger partial charge in [0.15, 0.2) is 11.5 Å². The minimum atomic E-state index is 0.610. The molecule has 0 bridgehead atoms. The van der Waals surface area contributed by atoms with Crippen molar-refractivity contribution in [1.82, 2.24) is 14.9 Å². The maximum absolute atomic E-state index is 5.64. The van der Waals surface area contributed by atoms with Crippen molar-refractivity contribution in [2.75, 3.05) is 26.3 Å². The zero-order valence-corrected chi connectivity index (χ0v) is 13.3. The second-order valence-corrected chi connectivity index (χ2v) is 6.84. The summed E-state index contributed by atoms with van der Waals surface area (Å²) in [6.07, 6.45) is 1.33. The third-order valence-electron chi connectivity index (χ3n) is 4.51. The number of H-pyrrole nitrogens is 1. The van der Waals surface area contributed by atoms with E-state index in [0.717, 1.165) is 59.8 Å². The molecule has 0 radical (unpaired) electrons. The molecule has 5 heteroatoms. The molecule has 0 aliphatic carbocycles. The summed E-state index contributed by atoms with van der Waals surface area (Å²) in [5.74, 6) is 4.18. The van der Waals surface area contributed by atoms with Crippen LogP contribution in [0.25, 0.3) is 11.0 Å². The minimum Gasteiger partial charge on any atom is -0.486 e. The SMILES string of the molecule is CC1CC(C)CN(Cc2nc3cc4c(cc3[nH]2)OCCO4)C1. The van der Waals surface area contributed by atoms with Gasteiger partial charge in [0.1, 0.15) is 19.0 Å². The Kier molecular flexibility index (Phi) is 3.45. The van der Waals surface area contributed by atoms with Crippen LogP contribution in [0.4, 0.5) is 0 Å². The van der Waals surface area contributed by atoms with Crippen LogP contribution in [0.2, 0.25) is 0 Å². The first kappa shape index (κ1) is 13.9. The number of fused-ring (bicyclic) bond motifs is 2. The number of likely N-dealkylation sites (tertiary alicyclic amines) is 1. The van der Waals surface area contributed by atoms with Crippen LogP contribution in [0, 0.1) is 11.8 Å². The average Bonchev–Trinajstić information content (AvgIpc) is 2.84. The Balaban J connectivity index is 1.57. The monoisotopic (exact) mass is 301 g/mol. The van der Waals surface area contributed by atoms with Crippen LogP contribution >= 0.6 is 0 Å². The van der Waals surface area contributed by atoms with Gasteiger partial charge in [0.25, 0.3) is 0 Å². The van der Waals surface area contributed by atoms with Crippen LogP contribution in [0.5, 0.6) is 11.5 Å². The molecular formula is C17H23N3O2. The van der Waals surface area contributed by atoms with E-state index in [-0.39, 0.29) is 0 Å². The fourth-order valence-corrected chi connectivity index (χ4v) is 3.81. The van der Waals surface area contributed by atoms with Crippen molar-refractivity contribution in [2.24, 2.45) is 11.8 Å². The van der Waals surface area contributed by atoms with Crippen LogP contribution in [-0.4, -0.2) is 41.2 Å². The molecule has 118 valence electrons. The second-order valence-electron chi connectivity index (χ2n) is 6.84. The minimum absolute atomic E-state index is 0.610. The van der Waals surface area contributed by atoms with E-state index in [2.05, 4.69) is 23.7 Å². The molecule has 0 amide bonds. The summed E-state index contributed by atoms with van der Waals surface area (Å²) in [6, 6.07) is 3.98. The molecule has 4 rings (SSSR count). The summed E-state index contributed by atoms with van der Waals surface area (Å²) in [7, 11) is 0. The van der Waals surface area contributed by atoms with Gasteiger partial charge in [0.2, 0.25) is 0 Å². The van der Waals surface area contributed by atoms with Gasteiger partial charge < -0.3 is 14.5 Å². The lowest BCUT2D eigenvalue weighted by atomic mass is 9.92. The highest BCUT2D eigenvalue weighted by Gasteiger charge is 2.23. The first-order valence-electron chi connectivity index (χ1n) is 8.18. The molecule has 3 heterocycles. The van der Waals surface area contributed by atoms with Crippen molar-refractivity contribution in [3.63, 3.8) is 0 Å². The van der Waals surface area contributed by atoms with Crippen LogP contribution in [0.15, 0.2) is 12.1 Å². The molecule has 1 aromatic heterocycles. The predicted molar refractivity (Wildman–Crippen MR) is 85.3 cm³/mol. The molecule has 1 saturated heterocycles. The van der Waals surface area contributed by atoms with Gasteiger partial charge in [-0.05, 0) is 18.3 Å². The molecule has 22 heavy (non-hydrogen) atoms. The van der Waals surface area contributed by atoms with Crippen molar-refractivity contribution >= 4 is 11.0 Å². The third-order valence-corrected chi connectivity index (χ3v) is 4.51. The number of nitrogens with zero attached hydrogens (tertiary/aromatic N) is 2. The molecule has 2 aliphatic heterocycles. The summed E-state index contributed by atoms with van der Waals surface area (Å²) in [5, 5.41) is 0. The lowest BCUT2D eigenvalue weighted by Gasteiger charge is -2.34. The highest BCUT2D eigenvalue weighted by molar-refractivity contribution is 5.79. The number of rotatable bonds is 2. The molecule has 5 nitrogen and oxygen atoms in total. The van der Waals surface area contributed by atoms with Crippen molar-refractivity contribution in [3.05, 3.63) is 18.0 Å². The number of imidazole rings is 1. The Morgan fingerprint density at radius 3 is 2.55 bits per heavy atom. The largest absolute Gasteiger partial charge is 0.486 e. The molecule has 1 fully saturated rings. The lowest BCUT2D eigenvalue weighted by molar-refractivity contribution is 0.132. The number of hydrogen-bond acceptors (Lipinski definition) is 4. The molecule has 2 aromatic rings. The summed E-state index contributed by atoms with van der Waals surface area (Å²) < 4.78 is 11.3. The second kappa shape index (κ2) is 5.47. The van der Waals surface area contributed by atoms with Gasteiger partial charge in [-0.25, -0.2) is 4.98 Å². The maximum atomic E-state index is 5.64. The van der Waals surface area contributed by atoms with Crippen LogP contribution < -0.4 is 9.47 Å². The zero-order chi connectivity index (χ0) is 15.1. The summed E-state index contributed by atoms with van der Waals surface area (Å²) in [4.78, 5) is 10.7. The van der Waals surface area contributed by atoms with Gasteiger partial charge in [0.05, 0.1) is 17.6 Å². The fourth-order valence-electron chi connectivity index (χ4n) is 3.81. The van der Waals surface area contributed by atoms with Gasteiger partial charge in [-0.3, -0.25) is 4.90 Å². The number of piperidine rings is 1. The van der Waals surface area contributed by atoms with Crippen molar-refractivity contribution < 1.29 is 9.47 Å². The van der Waals surface area contributed by atoms with E-state index >= 15 is 0 Å². The van der Waals surface area contributed by atoms with Gasteiger partial charge in [-0.15, -0.1) is 0 Å². The standard InChI is InChI=1S/C17H23N3O2/c1-11-5-12(2)9-20(8-11)10-17-18-13-6-15-16(7-14(13)19-17)22-4-3-21-15/h6-7,11-12H,3-5,8-10H2,1-2H3,(H,18,19). The number of aromatic amines is 1. The van der Waals surface area contributed by atoms with E-state index in [4.69, 9.17) is 14.5 Å². The normalized spacial score (nSPS) is 25.5. The number of ether oxygens (including phenoxy) is 2. The van der Waals surface area contributed by atoms with Gasteiger partial charge >= 0.3 is 0 Å². The van der Waals surface area contributed by atoms with E-state index < -0.39 is 0 Å². The number of hydrogen-bond donors (Lipinski definition) is 1. The molecule has 2 atom stereocenters. The molecule has 1 aromatic carbocycles. The summed E-state index contributed by atoms with van der Waals surface area (Å²) in [6.45, 7) is 9.10. The Bertz CT molecular complexity index is 629. The van der Waals surface area contributed by atoms with Gasteiger partial charge in [0, 0.05) is 25.2 Å². The average molecular weight is 301 g/mol. The van der Waals surface area contributed by atoms with E-state index in [9.17, 15) is 0 Å². The van der Waals surface area contributed by atoms with Crippen LogP contribution in [0.3, 0.4) is 0 Å². The predicted octanol–water partition coefficient (Wildman–Crippen LogP) is 2.81. The smallest absolute Gasteiger partial charge is 0.163 e. The van der Waals surface area contributed by atoms with Crippen LogP contribution in [-0.2, 0) is 6.54 Å². The Labute approximate surface area is 130 Å². The van der Waals surface area contributed by atoms with Crippen molar-refractivity contribution in [2.45, 2.75) is 26.8 Å². The van der Waals surface area contributed by atoms with Crippen molar-refractivity contribution in [1.29, 1.82) is 0 Å². The fraction of sp³-hybridized carbons (Fsp3) is 0.588. The molecule has 0 spiro atoms. The third kappa shape index (κ3) is 2.65. The quantitative estimate of drug-likeness (QED) is 0.926. The summed E-state index contributed by atoms with van der Waals surface area (Å²) >= 11 is 0. The Hall–Kier alpha value is -1.75. The maximum Gasteiger partial charge on any atom is 0.163 e. The topological polar surface area (TPSA) is 50.4 Å². The first-order valence-corrected chi connectivity index (χ1v) is 8.18. The van der Waals surface area contributed by atoms with Crippen molar-refractivity contribution in [3.8, 4) is 11.5 Å². The zero-order valence-electron chi connectivity index (χ0n) is 13.3. The molecule has 2 unspecified atom stereocenters. The highest BCUT2D eigenvalue weighted by atomic mass is 16.6. The van der Waals surface area contributed by atoms with Gasteiger partial charge in [-0.1, -0.05) is 13.8 Å².